The minimum absolute atomic E-state index is 0.172. The zero-order valence-electron chi connectivity index (χ0n) is 9.13. The van der Waals surface area contributed by atoms with Gasteiger partial charge in [-0.05, 0) is 44.5 Å². The van der Waals surface area contributed by atoms with Crippen LogP contribution in [0.2, 0.25) is 0 Å². The highest BCUT2D eigenvalue weighted by molar-refractivity contribution is 5.46. The summed E-state index contributed by atoms with van der Waals surface area (Å²) in [5.74, 6) is -0.172. The van der Waals surface area contributed by atoms with E-state index in [9.17, 15) is 4.39 Å². The summed E-state index contributed by atoms with van der Waals surface area (Å²) in [6, 6.07) is 7.21. The molecule has 0 amide bonds. The predicted molar refractivity (Wildman–Crippen MR) is 59.2 cm³/mol. The molecule has 0 saturated carbocycles. The van der Waals surface area contributed by atoms with Crippen molar-refractivity contribution in [3.05, 3.63) is 30.1 Å². The maximum absolute atomic E-state index is 12.7. The van der Waals surface area contributed by atoms with Crippen molar-refractivity contribution < 1.29 is 4.39 Å². The fourth-order valence-electron chi connectivity index (χ4n) is 1.60. The Labute approximate surface area is 85.5 Å². The first kappa shape index (κ1) is 11.0. The van der Waals surface area contributed by atoms with E-state index in [1.807, 2.05) is 12.1 Å². The van der Waals surface area contributed by atoms with Crippen molar-refractivity contribution >= 4 is 5.69 Å². The van der Waals surface area contributed by atoms with E-state index in [-0.39, 0.29) is 5.82 Å². The Hall–Kier alpha value is -1.05. The van der Waals surface area contributed by atoms with E-state index in [1.165, 1.54) is 12.1 Å². The summed E-state index contributed by atoms with van der Waals surface area (Å²) in [6.07, 6.45) is 1.10. The second-order valence-corrected chi connectivity index (χ2v) is 3.52. The molecule has 1 nitrogen and oxygen atoms in total. The minimum Gasteiger partial charge on any atom is -0.369 e. The molecule has 0 N–H and O–H groups in total. The van der Waals surface area contributed by atoms with Gasteiger partial charge in [-0.1, -0.05) is 6.92 Å². The summed E-state index contributed by atoms with van der Waals surface area (Å²) in [4.78, 5) is 2.28. The van der Waals surface area contributed by atoms with Gasteiger partial charge >= 0.3 is 0 Å². The molecule has 0 aliphatic rings. The summed E-state index contributed by atoms with van der Waals surface area (Å²) in [5, 5.41) is 0. The summed E-state index contributed by atoms with van der Waals surface area (Å²) < 4.78 is 12.7. The van der Waals surface area contributed by atoms with Gasteiger partial charge in [0.25, 0.3) is 0 Å². The molecule has 0 radical (unpaired) electrons. The van der Waals surface area contributed by atoms with Gasteiger partial charge in [-0.2, -0.15) is 0 Å². The van der Waals surface area contributed by atoms with E-state index >= 15 is 0 Å². The molecule has 0 aromatic heterocycles. The van der Waals surface area contributed by atoms with Gasteiger partial charge in [0.15, 0.2) is 0 Å². The number of hydrogen-bond donors (Lipinski definition) is 0. The van der Waals surface area contributed by atoms with Crippen LogP contribution in [0, 0.1) is 5.82 Å². The molecule has 2 heteroatoms. The molecule has 1 aromatic rings. The smallest absolute Gasteiger partial charge is 0.123 e. The van der Waals surface area contributed by atoms with E-state index in [0.717, 1.165) is 18.7 Å². The molecular formula is C12H18FN. The molecule has 0 saturated heterocycles. The third kappa shape index (κ3) is 2.47. The highest BCUT2D eigenvalue weighted by Crippen LogP contribution is 2.18. The van der Waals surface area contributed by atoms with Crippen molar-refractivity contribution in [1.82, 2.24) is 0 Å². The van der Waals surface area contributed by atoms with E-state index in [1.54, 1.807) is 0 Å². The molecule has 14 heavy (non-hydrogen) atoms. The van der Waals surface area contributed by atoms with E-state index in [0.29, 0.717) is 6.04 Å². The summed E-state index contributed by atoms with van der Waals surface area (Å²) in [5.41, 5.74) is 1.10. The number of nitrogens with zero attached hydrogens (tertiary/aromatic N) is 1. The summed E-state index contributed by atoms with van der Waals surface area (Å²) in [7, 11) is 0. The lowest BCUT2D eigenvalue weighted by Gasteiger charge is -2.29. The van der Waals surface area contributed by atoms with Crippen LogP contribution in [0.4, 0.5) is 10.1 Å². The average molecular weight is 195 g/mol. The van der Waals surface area contributed by atoms with Crippen LogP contribution in [0.5, 0.6) is 0 Å². The number of rotatable bonds is 4. The summed E-state index contributed by atoms with van der Waals surface area (Å²) in [6.45, 7) is 7.43. The molecule has 0 heterocycles. The molecule has 0 spiro atoms. The second-order valence-electron chi connectivity index (χ2n) is 3.52. The molecule has 78 valence electrons. The second kappa shape index (κ2) is 4.99. The van der Waals surface area contributed by atoms with Crippen LogP contribution in [-0.2, 0) is 0 Å². The fourth-order valence-corrected chi connectivity index (χ4v) is 1.60. The highest BCUT2D eigenvalue weighted by atomic mass is 19.1. The van der Waals surface area contributed by atoms with E-state index in [4.69, 9.17) is 0 Å². The quantitative estimate of drug-likeness (QED) is 0.711. The van der Waals surface area contributed by atoms with Crippen LogP contribution in [0.3, 0.4) is 0 Å². The Morgan fingerprint density at radius 3 is 2.21 bits per heavy atom. The molecule has 0 aliphatic heterocycles. The van der Waals surface area contributed by atoms with Crippen LogP contribution >= 0.6 is 0 Å². The molecule has 0 aliphatic carbocycles. The molecule has 1 atom stereocenters. The van der Waals surface area contributed by atoms with Gasteiger partial charge in [-0.3, -0.25) is 0 Å². The van der Waals surface area contributed by atoms with Gasteiger partial charge in [-0.25, -0.2) is 4.39 Å². The third-order valence-electron chi connectivity index (χ3n) is 2.62. The van der Waals surface area contributed by atoms with Gasteiger partial charge in [0.1, 0.15) is 5.82 Å². The van der Waals surface area contributed by atoms with Crippen molar-refractivity contribution in [1.29, 1.82) is 0 Å². The van der Waals surface area contributed by atoms with Crippen molar-refractivity contribution in [3.63, 3.8) is 0 Å². The fraction of sp³-hybridized carbons (Fsp3) is 0.500. The van der Waals surface area contributed by atoms with Crippen LogP contribution in [0.15, 0.2) is 24.3 Å². The number of benzene rings is 1. The first-order valence-electron chi connectivity index (χ1n) is 5.21. The van der Waals surface area contributed by atoms with Gasteiger partial charge in [0, 0.05) is 18.3 Å². The third-order valence-corrected chi connectivity index (χ3v) is 2.62. The summed E-state index contributed by atoms with van der Waals surface area (Å²) >= 11 is 0. The normalized spacial score (nSPS) is 12.6. The zero-order chi connectivity index (χ0) is 10.6. The maximum Gasteiger partial charge on any atom is 0.123 e. The largest absolute Gasteiger partial charge is 0.369 e. The van der Waals surface area contributed by atoms with E-state index < -0.39 is 0 Å². The first-order chi connectivity index (χ1) is 6.69. The Bertz CT molecular complexity index is 268. The van der Waals surface area contributed by atoms with Crippen LogP contribution in [-0.4, -0.2) is 12.6 Å². The lowest BCUT2D eigenvalue weighted by atomic mass is 10.2. The Kier molecular flexibility index (Phi) is 3.93. The Morgan fingerprint density at radius 1 is 1.21 bits per heavy atom. The highest BCUT2D eigenvalue weighted by Gasteiger charge is 2.10. The van der Waals surface area contributed by atoms with Crippen molar-refractivity contribution in [2.75, 3.05) is 11.4 Å². The van der Waals surface area contributed by atoms with Crippen molar-refractivity contribution in [2.24, 2.45) is 0 Å². The lowest BCUT2D eigenvalue weighted by molar-refractivity contribution is 0.618. The maximum atomic E-state index is 12.7. The topological polar surface area (TPSA) is 3.24 Å². The van der Waals surface area contributed by atoms with Crippen LogP contribution < -0.4 is 4.90 Å². The molecule has 1 unspecified atom stereocenters. The van der Waals surface area contributed by atoms with Gasteiger partial charge in [-0.15, -0.1) is 0 Å². The van der Waals surface area contributed by atoms with Gasteiger partial charge in [0.05, 0.1) is 0 Å². The van der Waals surface area contributed by atoms with Crippen LogP contribution in [0.1, 0.15) is 27.2 Å². The minimum atomic E-state index is -0.172. The lowest BCUT2D eigenvalue weighted by Crippen LogP contribution is -2.32. The van der Waals surface area contributed by atoms with Gasteiger partial charge in [0.2, 0.25) is 0 Å². The number of halogens is 1. The monoisotopic (exact) mass is 195 g/mol. The SMILES string of the molecule is CCC(C)N(CC)c1ccc(F)cc1. The standard InChI is InChI=1S/C12H18FN/c1-4-10(3)14(5-2)12-8-6-11(13)7-9-12/h6-10H,4-5H2,1-3H3. The molecule has 0 bridgehead atoms. The van der Waals surface area contributed by atoms with Crippen molar-refractivity contribution in [3.8, 4) is 0 Å². The molecule has 0 fully saturated rings. The Morgan fingerprint density at radius 2 is 1.79 bits per heavy atom. The molecule has 1 rings (SSSR count). The number of anilines is 1. The average Bonchev–Trinajstić information content (AvgIpc) is 2.21. The Balaban J connectivity index is 2.84. The van der Waals surface area contributed by atoms with Gasteiger partial charge < -0.3 is 4.90 Å². The number of hydrogen-bond acceptors (Lipinski definition) is 1. The molecule has 1 aromatic carbocycles. The molecular weight excluding hydrogens is 177 g/mol. The first-order valence-corrected chi connectivity index (χ1v) is 5.21. The predicted octanol–water partition coefficient (Wildman–Crippen LogP) is 3.45. The van der Waals surface area contributed by atoms with Crippen LogP contribution in [0.25, 0.3) is 0 Å². The zero-order valence-corrected chi connectivity index (χ0v) is 9.13. The van der Waals surface area contributed by atoms with E-state index in [2.05, 4.69) is 25.7 Å². The van der Waals surface area contributed by atoms with Crippen molar-refractivity contribution in [2.45, 2.75) is 33.2 Å².